The van der Waals surface area contributed by atoms with Gasteiger partial charge in [-0.25, -0.2) is 0 Å². The van der Waals surface area contributed by atoms with Crippen molar-refractivity contribution in [3.05, 3.63) is 0 Å². The fourth-order valence-corrected chi connectivity index (χ4v) is 1.76. The summed E-state index contributed by atoms with van der Waals surface area (Å²) in [4.78, 5) is 10.4. The van der Waals surface area contributed by atoms with Crippen LogP contribution in [0.2, 0.25) is 0 Å². The highest BCUT2D eigenvalue weighted by atomic mass is 19.4. The van der Waals surface area contributed by atoms with Crippen molar-refractivity contribution < 1.29 is 23.1 Å². The third-order valence-corrected chi connectivity index (χ3v) is 2.66. The van der Waals surface area contributed by atoms with Crippen molar-refractivity contribution in [3.63, 3.8) is 0 Å². The van der Waals surface area contributed by atoms with Gasteiger partial charge in [-0.2, -0.15) is 13.2 Å². The van der Waals surface area contributed by atoms with Gasteiger partial charge in [-0.1, -0.05) is 12.8 Å². The maximum absolute atomic E-state index is 12.2. The van der Waals surface area contributed by atoms with E-state index in [2.05, 4.69) is 5.32 Å². The van der Waals surface area contributed by atoms with Crippen LogP contribution in [0.5, 0.6) is 0 Å². The van der Waals surface area contributed by atoms with Gasteiger partial charge in [0.2, 0.25) is 0 Å². The van der Waals surface area contributed by atoms with Crippen LogP contribution < -0.4 is 5.32 Å². The third-order valence-electron chi connectivity index (χ3n) is 2.66. The number of hydrogen-bond acceptors (Lipinski definition) is 2. The molecule has 15 heavy (non-hydrogen) atoms. The topological polar surface area (TPSA) is 49.3 Å². The normalized spacial score (nSPS) is 20.5. The largest absolute Gasteiger partial charge is 0.481 e. The van der Waals surface area contributed by atoms with E-state index in [9.17, 15) is 18.0 Å². The zero-order chi connectivity index (χ0) is 11.5. The lowest BCUT2D eigenvalue weighted by Crippen LogP contribution is -2.41. The van der Waals surface area contributed by atoms with Gasteiger partial charge >= 0.3 is 12.1 Å². The Labute approximate surface area is 85.7 Å². The molecular weight excluding hydrogens is 211 g/mol. The second-order valence-corrected chi connectivity index (χ2v) is 3.82. The molecule has 1 saturated carbocycles. The van der Waals surface area contributed by atoms with E-state index in [0.717, 1.165) is 25.7 Å². The maximum Gasteiger partial charge on any atom is 0.403 e. The summed E-state index contributed by atoms with van der Waals surface area (Å²) in [7, 11) is 0. The Kier molecular flexibility index (Phi) is 3.96. The number of hydrogen-bond donors (Lipinski definition) is 2. The highest BCUT2D eigenvalue weighted by molar-refractivity contribution is 5.71. The Hall–Kier alpha value is -0.780. The number of aliphatic carboxylic acids is 1. The van der Waals surface area contributed by atoms with Crippen molar-refractivity contribution in [2.45, 2.75) is 37.9 Å². The minimum absolute atomic E-state index is 0.0502. The molecule has 1 aliphatic carbocycles. The SMILES string of the molecule is O=C(O)C(CNC1CCCC1)C(F)(F)F. The molecule has 0 aromatic heterocycles. The van der Waals surface area contributed by atoms with E-state index in [1.165, 1.54) is 0 Å². The van der Waals surface area contributed by atoms with Crippen molar-refractivity contribution in [3.8, 4) is 0 Å². The van der Waals surface area contributed by atoms with Crippen LogP contribution in [0.3, 0.4) is 0 Å². The number of nitrogens with one attached hydrogen (secondary N) is 1. The van der Waals surface area contributed by atoms with Crippen LogP contribution in [-0.4, -0.2) is 29.8 Å². The van der Waals surface area contributed by atoms with Gasteiger partial charge in [0.25, 0.3) is 0 Å². The lowest BCUT2D eigenvalue weighted by atomic mass is 10.1. The average molecular weight is 225 g/mol. The maximum atomic E-state index is 12.2. The molecule has 0 amide bonds. The molecule has 0 heterocycles. The number of rotatable bonds is 4. The molecule has 0 spiro atoms. The monoisotopic (exact) mass is 225 g/mol. The second-order valence-electron chi connectivity index (χ2n) is 3.82. The summed E-state index contributed by atoms with van der Waals surface area (Å²) < 4.78 is 36.7. The van der Waals surface area contributed by atoms with Crippen LogP contribution in [0, 0.1) is 5.92 Å². The minimum atomic E-state index is -4.67. The molecule has 0 aliphatic heterocycles. The molecule has 0 saturated heterocycles. The number of carbonyl (C=O) groups is 1. The predicted molar refractivity (Wildman–Crippen MR) is 47.4 cm³/mol. The average Bonchev–Trinajstić information content (AvgIpc) is 2.53. The fourth-order valence-electron chi connectivity index (χ4n) is 1.76. The van der Waals surface area contributed by atoms with E-state index in [1.807, 2.05) is 0 Å². The van der Waals surface area contributed by atoms with Crippen molar-refractivity contribution in [1.29, 1.82) is 0 Å². The zero-order valence-corrected chi connectivity index (χ0v) is 8.18. The van der Waals surface area contributed by atoms with Gasteiger partial charge in [-0.05, 0) is 12.8 Å². The Bertz CT molecular complexity index is 224. The van der Waals surface area contributed by atoms with Gasteiger partial charge < -0.3 is 10.4 Å². The third kappa shape index (κ3) is 3.70. The van der Waals surface area contributed by atoms with Gasteiger partial charge in [0.15, 0.2) is 5.92 Å². The minimum Gasteiger partial charge on any atom is -0.481 e. The molecule has 1 unspecified atom stereocenters. The van der Waals surface area contributed by atoms with Crippen LogP contribution >= 0.6 is 0 Å². The smallest absolute Gasteiger partial charge is 0.403 e. The summed E-state index contributed by atoms with van der Waals surface area (Å²) in [5.74, 6) is -4.11. The standard InChI is InChI=1S/C9H14F3NO2/c10-9(11,12)7(8(14)15)5-13-6-3-1-2-4-6/h6-7,13H,1-5H2,(H,14,15). The Morgan fingerprint density at radius 2 is 1.93 bits per heavy atom. The molecule has 0 radical (unpaired) electrons. The molecule has 0 aromatic rings. The van der Waals surface area contributed by atoms with E-state index in [1.54, 1.807) is 0 Å². The first-order valence-corrected chi connectivity index (χ1v) is 4.94. The summed E-state index contributed by atoms with van der Waals surface area (Å²) in [6.45, 7) is -0.524. The molecular formula is C9H14F3NO2. The first-order valence-electron chi connectivity index (χ1n) is 4.94. The van der Waals surface area contributed by atoms with Gasteiger partial charge in [-0.15, -0.1) is 0 Å². The zero-order valence-electron chi connectivity index (χ0n) is 8.18. The van der Waals surface area contributed by atoms with Crippen LogP contribution in [-0.2, 0) is 4.79 Å². The van der Waals surface area contributed by atoms with Crippen molar-refractivity contribution >= 4 is 5.97 Å². The number of carboxylic acids is 1. The van der Waals surface area contributed by atoms with E-state index < -0.39 is 24.6 Å². The molecule has 0 aromatic carbocycles. The summed E-state index contributed by atoms with van der Waals surface area (Å²) >= 11 is 0. The Morgan fingerprint density at radius 1 is 1.40 bits per heavy atom. The Morgan fingerprint density at radius 3 is 2.33 bits per heavy atom. The number of halogens is 3. The van der Waals surface area contributed by atoms with Crippen LogP contribution in [0.25, 0.3) is 0 Å². The van der Waals surface area contributed by atoms with E-state index in [0.29, 0.717) is 0 Å². The lowest BCUT2D eigenvalue weighted by molar-refractivity contribution is -0.192. The summed E-state index contributed by atoms with van der Waals surface area (Å²) in [6, 6.07) is 0.0502. The van der Waals surface area contributed by atoms with E-state index in [-0.39, 0.29) is 6.04 Å². The fraction of sp³-hybridized carbons (Fsp3) is 0.889. The van der Waals surface area contributed by atoms with Crippen molar-refractivity contribution in [1.82, 2.24) is 5.32 Å². The molecule has 88 valence electrons. The molecule has 1 aliphatic rings. The molecule has 2 N–H and O–H groups in total. The number of alkyl halides is 3. The second kappa shape index (κ2) is 4.83. The van der Waals surface area contributed by atoms with E-state index in [4.69, 9.17) is 5.11 Å². The first-order chi connectivity index (χ1) is 6.91. The Balaban J connectivity index is 2.41. The van der Waals surface area contributed by atoms with Crippen LogP contribution in [0.4, 0.5) is 13.2 Å². The molecule has 1 fully saturated rings. The van der Waals surface area contributed by atoms with E-state index >= 15 is 0 Å². The molecule has 1 atom stereocenters. The molecule has 3 nitrogen and oxygen atoms in total. The van der Waals surface area contributed by atoms with Gasteiger partial charge in [-0.3, -0.25) is 4.79 Å². The highest BCUT2D eigenvalue weighted by Gasteiger charge is 2.45. The van der Waals surface area contributed by atoms with Crippen molar-refractivity contribution in [2.24, 2.45) is 5.92 Å². The van der Waals surface area contributed by atoms with Crippen LogP contribution in [0.15, 0.2) is 0 Å². The molecule has 1 rings (SSSR count). The quantitative estimate of drug-likeness (QED) is 0.766. The summed E-state index contributed by atoms with van der Waals surface area (Å²) in [6.07, 6.45) is -0.991. The predicted octanol–water partition coefficient (Wildman–Crippen LogP) is 1.78. The van der Waals surface area contributed by atoms with Crippen molar-refractivity contribution in [2.75, 3.05) is 6.54 Å². The first kappa shape index (κ1) is 12.3. The van der Waals surface area contributed by atoms with Crippen LogP contribution in [0.1, 0.15) is 25.7 Å². The molecule has 0 bridgehead atoms. The van der Waals surface area contributed by atoms with Gasteiger partial charge in [0, 0.05) is 12.6 Å². The lowest BCUT2D eigenvalue weighted by Gasteiger charge is -2.19. The van der Waals surface area contributed by atoms with Gasteiger partial charge in [0.1, 0.15) is 0 Å². The summed E-state index contributed by atoms with van der Waals surface area (Å²) in [5, 5.41) is 11.1. The summed E-state index contributed by atoms with van der Waals surface area (Å²) in [5.41, 5.74) is 0. The number of carboxylic acid groups (broad SMARTS) is 1. The molecule has 6 heteroatoms. The van der Waals surface area contributed by atoms with Gasteiger partial charge in [0.05, 0.1) is 0 Å². The highest BCUT2D eigenvalue weighted by Crippen LogP contribution is 2.26.